The van der Waals surface area contributed by atoms with Crippen LogP contribution in [0.1, 0.15) is 82.9 Å². The van der Waals surface area contributed by atoms with Gasteiger partial charge in [0.25, 0.3) is 45.5 Å². The van der Waals surface area contributed by atoms with Crippen LogP contribution in [-0.4, -0.2) is 162 Å². The molecule has 111 heavy (non-hydrogen) atoms. The quantitative estimate of drug-likeness (QED) is 0.0183. The molecular formula is C68H46N8O35. The zero-order valence-electron chi connectivity index (χ0n) is 55.6. The van der Waals surface area contributed by atoms with E-state index in [1.165, 1.54) is 0 Å². The third-order valence-electron chi connectivity index (χ3n) is 16.2. The lowest BCUT2D eigenvalue weighted by molar-refractivity contribution is -0.385. The summed E-state index contributed by atoms with van der Waals surface area (Å²) in [6, 6.07) is 26.8. The lowest BCUT2D eigenvalue weighted by Crippen LogP contribution is -2.66. The number of carbonyl (C=O) groups is 8. The van der Waals surface area contributed by atoms with Crippen LogP contribution in [0, 0.1) is 80.9 Å². The molecule has 0 unspecified atom stereocenters. The summed E-state index contributed by atoms with van der Waals surface area (Å²) in [5, 5.41) is 94.4. The molecule has 0 bridgehead atoms. The minimum Gasteiger partial charge on any atom is -0.459 e. The van der Waals surface area contributed by atoms with Crippen molar-refractivity contribution in [3.05, 3.63) is 320 Å². The molecule has 2 fully saturated rings. The third-order valence-corrected chi connectivity index (χ3v) is 16.2. The van der Waals surface area contributed by atoms with Crippen molar-refractivity contribution in [2.45, 2.75) is 54.8 Å². The highest BCUT2D eigenvalue weighted by Crippen LogP contribution is 2.43. The van der Waals surface area contributed by atoms with Gasteiger partial charge in [-0.15, -0.1) is 0 Å². The summed E-state index contributed by atoms with van der Waals surface area (Å²) in [6.45, 7) is -4.38. The summed E-state index contributed by atoms with van der Waals surface area (Å²) in [6.07, 6.45) is -20.9. The minimum absolute atomic E-state index is 0.439. The fourth-order valence-corrected chi connectivity index (χ4v) is 10.6. The molecule has 10 rings (SSSR count). The number of nitro benzene ring substituents is 8. The zero-order valence-corrected chi connectivity index (χ0v) is 55.6. The van der Waals surface area contributed by atoms with Gasteiger partial charge in [0.05, 0.1) is 83.9 Å². The molecule has 43 nitrogen and oxygen atoms in total. The molecule has 43 heteroatoms. The number of carbonyl (C=O) groups excluding carboxylic acids is 8. The Morgan fingerprint density at radius 2 is 0.505 bits per heavy atom. The van der Waals surface area contributed by atoms with Crippen molar-refractivity contribution in [3.63, 3.8) is 0 Å². The average Bonchev–Trinajstić information content (AvgIpc) is 1.62. The van der Waals surface area contributed by atoms with Gasteiger partial charge in [0.1, 0.15) is 32.0 Å². The summed E-state index contributed by atoms with van der Waals surface area (Å²) in [5.41, 5.74) is -9.25. The molecule has 2 aliphatic rings. The van der Waals surface area contributed by atoms with Gasteiger partial charge in [-0.1, -0.05) is 0 Å². The Morgan fingerprint density at radius 3 is 0.784 bits per heavy atom. The highest BCUT2D eigenvalue weighted by Gasteiger charge is 2.66. The Labute approximate surface area is 615 Å². The monoisotopic (exact) mass is 1530 g/mol. The van der Waals surface area contributed by atoms with E-state index in [1.54, 1.807) is 0 Å². The molecular weight excluding hydrogens is 1490 g/mol. The van der Waals surface area contributed by atoms with Gasteiger partial charge in [0.15, 0.2) is 30.5 Å². The van der Waals surface area contributed by atoms with Crippen LogP contribution in [0.4, 0.5) is 45.5 Å². The molecule has 0 N–H and O–H groups in total. The predicted molar refractivity (Wildman–Crippen MR) is 359 cm³/mol. The molecule has 9 atom stereocenters. The van der Waals surface area contributed by atoms with Crippen molar-refractivity contribution in [3.8, 4) is 0 Å². The molecule has 8 aromatic carbocycles. The van der Waals surface area contributed by atoms with E-state index in [1.807, 2.05) is 0 Å². The number of esters is 8. The van der Waals surface area contributed by atoms with E-state index in [0.29, 0.717) is 0 Å². The van der Waals surface area contributed by atoms with Crippen molar-refractivity contribution < 1.29 is 130 Å². The number of rotatable bonds is 29. The second kappa shape index (κ2) is 33.8. The summed E-state index contributed by atoms with van der Waals surface area (Å²) in [4.78, 5) is 205. The Balaban J connectivity index is 1.22. The molecule has 0 spiro atoms. The Bertz CT molecular complexity index is 5010. The van der Waals surface area contributed by atoms with Crippen molar-refractivity contribution in [1.29, 1.82) is 0 Å². The first-order valence-corrected chi connectivity index (χ1v) is 31.4. The SMILES string of the molecule is O=C(OC[C@H]1O[C@@](COC(=O)c2ccc([N+](=O)[O-])cc2)(O[C@H]2O[C@H](COC(=O)c3ccc([N+](=O)[O-])cc3)[C@@H](OC(=O)c3ccc([N+](=O)[O-])cc3)[C@H](OC(=O)c3ccc([N+](=O)[O-])cc3)[C@H]2OC(=O)c2ccc([N+](=O)[O-])cc2)[C@@H](OC(=O)c2ccc([N+](=O)[O-])cc2)[C@@H]1OC(=O)c1ccc([N+](=O)[O-])cc1)c1ccc([N+](=O)[O-])cc1. The van der Waals surface area contributed by atoms with Crippen LogP contribution in [0.15, 0.2) is 194 Å². The first-order valence-electron chi connectivity index (χ1n) is 31.4. The molecule has 8 aromatic rings. The number of nitro groups is 8. The summed E-state index contributed by atoms with van der Waals surface area (Å²) >= 11 is 0. The van der Waals surface area contributed by atoms with Crippen LogP contribution in [0.3, 0.4) is 0 Å². The van der Waals surface area contributed by atoms with Gasteiger partial charge in [-0.05, 0) is 97.1 Å². The van der Waals surface area contributed by atoms with Crippen molar-refractivity contribution >= 4 is 93.3 Å². The molecule has 0 radical (unpaired) electrons. The topological polar surface area (TPSA) is 583 Å². The van der Waals surface area contributed by atoms with Gasteiger partial charge in [-0.3, -0.25) is 80.9 Å². The molecule has 568 valence electrons. The number of ether oxygens (including phenoxy) is 11. The van der Waals surface area contributed by atoms with Gasteiger partial charge in [-0.2, -0.15) is 0 Å². The van der Waals surface area contributed by atoms with E-state index < -0.39 is 252 Å². The third kappa shape index (κ3) is 18.6. The predicted octanol–water partition coefficient (Wildman–Crippen LogP) is 8.79. The molecule has 2 aliphatic heterocycles. The van der Waals surface area contributed by atoms with Crippen LogP contribution in [-0.2, 0) is 52.1 Å². The molecule has 2 saturated heterocycles. The zero-order chi connectivity index (χ0) is 80.1. The average molecular weight is 1540 g/mol. The van der Waals surface area contributed by atoms with Gasteiger partial charge in [0.2, 0.25) is 12.1 Å². The molecule has 0 aliphatic carbocycles. The summed E-state index contributed by atoms with van der Waals surface area (Å²) in [5.74, 6) is -15.8. The van der Waals surface area contributed by atoms with Crippen LogP contribution in [0.5, 0.6) is 0 Å². The van der Waals surface area contributed by atoms with Gasteiger partial charge in [-0.25, -0.2) is 38.4 Å². The van der Waals surface area contributed by atoms with Crippen LogP contribution in [0.25, 0.3) is 0 Å². The van der Waals surface area contributed by atoms with Gasteiger partial charge in [0, 0.05) is 97.1 Å². The Kier molecular flexibility index (Phi) is 23.8. The first-order chi connectivity index (χ1) is 52.9. The summed E-state index contributed by atoms with van der Waals surface area (Å²) < 4.78 is 67.4. The largest absolute Gasteiger partial charge is 0.459 e. The van der Waals surface area contributed by atoms with Crippen LogP contribution < -0.4 is 0 Å². The molecule has 0 aromatic heterocycles. The Hall–Kier alpha value is -15.4. The number of benzene rings is 8. The van der Waals surface area contributed by atoms with Crippen molar-refractivity contribution in [2.24, 2.45) is 0 Å². The fraction of sp³-hybridized carbons (Fsp3) is 0.176. The van der Waals surface area contributed by atoms with Gasteiger partial charge >= 0.3 is 47.8 Å². The highest BCUT2D eigenvalue weighted by molar-refractivity contribution is 5.94. The normalized spacial score (nSPS) is 18.9. The highest BCUT2D eigenvalue weighted by atomic mass is 16.8. The van der Waals surface area contributed by atoms with E-state index in [0.717, 1.165) is 194 Å². The maximum atomic E-state index is 15.0. The van der Waals surface area contributed by atoms with Gasteiger partial charge < -0.3 is 52.1 Å². The number of nitrogens with zero attached hydrogens (tertiary/aromatic N) is 8. The van der Waals surface area contributed by atoms with Crippen molar-refractivity contribution in [1.82, 2.24) is 0 Å². The van der Waals surface area contributed by atoms with E-state index >= 15 is 9.59 Å². The van der Waals surface area contributed by atoms with E-state index in [2.05, 4.69) is 0 Å². The molecule has 2 heterocycles. The van der Waals surface area contributed by atoms with Crippen LogP contribution >= 0.6 is 0 Å². The second-order valence-corrected chi connectivity index (χ2v) is 23.1. The number of hydrogen-bond acceptors (Lipinski definition) is 35. The first kappa shape index (κ1) is 78.2. The molecule has 0 saturated carbocycles. The van der Waals surface area contributed by atoms with E-state index in [4.69, 9.17) is 52.1 Å². The maximum absolute atomic E-state index is 15.0. The van der Waals surface area contributed by atoms with E-state index in [9.17, 15) is 110 Å². The molecule has 0 amide bonds. The Morgan fingerprint density at radius 1 is 0.279 bits per heavy atom. The maximum Gasteiger partial charge on any atom is 0.338 e. The van der Waals surface area contributed by atoms with Crippen LogP contribution in [0.2, 0.25) is 0 Å². The van der Waals surface area contributed by atoms with E-state index in [-0.39, 0.29) is 0 Å². The smallest absolute Gasteiger partial charge is 0.338 e. The van der Waals surface area contributed by atoms with Crippen molar-refractivity contribution in [2.75, 3.05) is 19.8 Å². The summed E-state index contributed by atoms with van der Waals surface area (Å²) in [7, 11) is 0. The standard InChI is InChI=1S/C68H46N8O35/c77-59(36-1-17-44(18-2-36)69(85)86)101-33-52-54(105-62(80)39-7-23-47(24-8-39)72(91)92)56(107-64(82)41-11-27-49(28-12-41)74(95)96)57(108-65(83)42-13-29-50(30-14-42)75(97)98)67(104-52)111-68(35-103-61(79)38-5-21-46(22-6-38)71(89)90)58(109-66(84)43-15-31-51(32-16-43)76(99)100)55(106-63(81)40-9-25-48(26-10-40)73(93)94)53(110-68)34-102-60(78)37-3-19-45(20-4-37)70(87)88/h1-32,52-58,67H,33-35H2/t52-,53-,54-,55-,56+,57-,58+,67-,68+/m1/s1. The lowest BCUT2D eigenvalue weighted by atomic mass is 9.97. The minimum atomic E-state index is -3.55. The fourth-order valence-electron chi connectivity index (χ4n) is 10.6. The number of hydrogen-bond donors (Lipinski definition) is 0. The lowest BCUT2D eigenvalue weighted by Gasteiger charge is -2.46. The number of non-ortho nitro benzene ring substituents is 8. The second-order valence-electron chi connectivity index (χ2n) is 23.1.